The number of fused-ring (bicyclic) bond motifs is 1. The molecule has 2 heterocycles. The molecule has 1 amide bonds. The predicted molar refractivity (Wildman–Crippen MR) is 84.2 cm³/mol. The van der Waals surface area contributed by atoms with E-state index in [-0.39, 0.29) is 17.9 Å². The minimum atomic E-state index is 0.0573. The summed E-state index contributed by atoms with van der Waals surface area (Å²) < 4.78 is 0. The van der Waals surface area contributed by atoms with E-state index in [4.69, 9.17) is 29.6 Å². The lowest BCUT2D eigenvalue weighted by Crippen LogP contribution is -2.46. The number of nitrogens with two attached hydrogens (primary N) is 1. The number of amides is 1. The van der Waals surface area contributed by atoms with Crippen LogP contribution in [-0.2, 0) is 4.79 Å². The van der Waals surface area contributed by atoms with Gasteiger partial charge in [-0.25, -0.2) is 0 Å². The van der Waals surface area contributed by atoms with Crippen LogP contribution < -0.4 is 16.0 Å². The van der Waals surface area contributed by atoms with Crippen molar-refractivity contribution in [2.75, 3.05) is 18.0 Å². The standard InChI is InChI=1S/C14H16ClN3OS/c15-8-3-4-9(13(16)20)11(6-8)18-5-1-2-10-12(18)7-17-14(10)19/h3-4,6,10,12H,1-2,5,7H2,(H2,16,20)(H,17,19). The number of benzene rings is 1. The zero-order valence-corrected chi connectivity index (χ0v) is 12.5. The van der Waals surface area contributed by atoms with Crippen LogP contribution in [-0.4, -0.2) is 30.0 Å². The second-order valence-corrected chi connectivity index (χ2v) is 6.16. The van der Waals surface area contributed by atoms with Gasteiger partial charge in [-0.2, -0.15) is 0 Å². The molecule has 0 spiro atoms. The molecule has 106 valence electrons. The van der Waals surface area contributed by atoms with Gasteiger partial charge in [0, 0.05) is 29.4 Å². The minimum absolute atomic E-state index is 0.0573. The third-order valence-corrected chi connectivity index (χ3v) is 4.59. The van der Waals surface area contributed by atoms with Gasteiger partial charge in [0.2, 0.25) is 5.91 Å². The summed E-state index contributed by atoms with van der Waals surface area (Å²) in [5.41, 5.74) is 7.58. The van der Waals surface area contributed by atoms with E-state index in [1.54, 1.807) is 6.07 Å². The van der Waals surface area contributed by atoms with E-state index in [1.807, 2.05) is 12.1 Å². The lowest BCUT2D eigenvalue weighted by Gasteiger charge is -2.38. The number of rotatable bonds is 2. The average Bonchev–Trinajstić information content (AvgIpc) is 2.80. The van der Waals surface area contributed by atoms with Crippen LogP contribution in [0.25, 0.3) is 0 Å². The van der Waals surface area contributed by atoms with Crippen molar-refractivity contribution in [1.82, 2.24) is 5.32 Å². The Balaban J connectivity index is 2.01. The fourth-order valence-corrected chi connectivity index (χ4v) is 3.54. The summed E-state index contributed by atoms with van der Waals surface area (Å²) in [5, 5.41) is 3.60. The van der Waals surface area contributed by atoms with Crippen molar-refractivity contribution >= 4 is 40.4 Å². The van der Waals surface area contributed by atoms with Gasteiger partial charge in [-0.3, -0.25) is 4.79 Å². The zero-order chi connectivity index (χ0) is 14.3. The first-order valence-electron chi connectivity index (χ1n) is 6.71. The second-order valence-electron chi connectivity index (χ2n) is 5.28. The molecule has 1 aromatic rings. The van der Waals surface area contributed by atoms with Gasteiger partial charge in [-0.05, 0) is 31.0 Å². The fourth-order valence-electron chi connectivity index (χ4n) is 3.20. The normalized spacial score (nSPS) is 25.2. The molecule has 0 aliphatic carbocycles. The van der Waals surface area contributed by atoms with Crippen LogP contribution in [0.4, 0.5) is 5.69 Å². The van der Waals surface area contributed by atoms with E-state index < -0.39 is 0 Å². The summed E-state index contributed by atoms with van der Waals surface area (Å²) >= 11 is 11.2. The van der Waals surface area contributed by atoms with Crippen molar-refractivity contribution in [3.05, 3.63) is 28.8 Å². The van der Waals surface area contributed by atoms with Crippen LogP contribution in [0, 0.1) is 5.92 Å². The first-order valence-corrected chi connectivity index (χ1v) is 7.50. The lowest BCUT2D eigenvalue weighted by molar-refractivity contribution is -0.122. The maximum atomic E-state index is 11.9. The number of halogens is 1. The molecule has 0 bridgehead atoms. The minimum Gasteiger partial charge on any atom is -0.389 e. The Labute approximate surface area is 128 Å². The number of hydrogen-bond acceptors (Lipinski definition) is 3. The highest BCUT2D eigenvalue weighted by molar-refractivity contribution is 7.80. The van der Waals surface area contributed by atoms with E-state index in [0.717, 1.165) is 30.6 Å². The molecule has 6 heteroatoms. The number of nitrogens with one attached hydrogen (secondary N) is 1. The highest BCUT2D eigenvalue weighted by Gasteiger charge is 2.41. The Morgan fingerprint density at radius 3 is 3.05 bits per heavy atom. The van der Waals surface area contributed by atoms with Crippen LogP contribution in [0.1, 0.15) is 18.4 Å². The summed E-state index contributed by atoms with van der Waals surface area (Å²) in [5.74, 6) is 0.209. The summed E-state index contributed by atoms with van der Waals surface area (Å²) in [6, 6.07) is 5.71. The topological polar surface area (TPSA) is 58.4 Å². The lowest BCUT2D eigenvalue weighted by atomic mass is 9.90. The van der Waals surface area contributed by atoms with Crippen LogP contribution in [0.15, 0.2) is 18.2 Å². The third kappa shape index (κ3) is 2.25. The Morgan fingerprint density at radius 1 is 1.50 bits per heavy atom. The molecule has 2 aliphatic rings. The Kier molecular flexibility index (Phi) is 3.56. The largest absolute Gasteiger partial charge is 0.389 e. The summed E-state index contributed by atoms with van der Waals surface area (Å²) in [4.78, 5) is 14.4. The summed E-state index contributed by atoms with van der Waals surface area (Å²) in [6.07, 6.45) is 1.92. The Bertz CT molecular complexity index is 578. The predicted octanol–water partition coefficient (Wildman–Crippen LogP) is 1.69. The highest BCUT2D eigenvalue weighted by atomic mass is 35.5. The van der Waals surface area contributed by atoms with Gasteiger partial charge in [-0.15, -0.1) is 0 Å². The maximum absolute atomic E-state index is 11.9. The van der Waals surface area contributed by atoms with Crippen LogP contribution in [0.5, 0.6) is 0 Å². The molecule has 0 aromatic heterocycles. The average molecular weight is 310 g/mol. The van der Waals surface area contributed by atoms with Crippen LogP contribution in [0.2, 0.25) is 5.02 Å². The van der Waals surface area contributed by atoms with E-state index in [2.05, 4.69) is 10.2 Å². The number of piperidine rings is 1. The summed E-state index contributed by atoms with van der Waals surface area (Å²) in [6.45, 7) is 1.57. The van der Waals surface area contributed by atoms with Crippen molar-refractivity contribution in [2.24, 2.45) is 11.7 Å². The number of anilines is 1. The molecule has 1 aromatic carbocycles. The molecule has 2 fully saturated rings. The van der Waals surface area contributed by atoms with Gasteiger partial charge in [-0.1, -0.05) is 23.8 Å². The number of nitrogens with zero attached hydrogens (tertiary/aromatic N) is 1. The molecule has 2 atom stereocenters. The molecule has 0 radical (unpaired) electrons. The van der Waals surface area contributed by atoms with Crippen molar-refractivity contribution in [3.8, 4) is 0 Å². The van der Waals surface area contributed by atoms with Crippen molar-refractivity contribution in [3.63, 3.8) is 0 Å². The molecule has 0 saturated carbocycles. The Hall–Kier alpha value is -1.33. The van der Waals surface area contributed by atoms with Gasteiger partial charge in [0.25, 0.3) is 0 Å². The zero-order valence-electron chi connectivity index (χ0n) is 10.9. The van der Waals surface area contributed by atoms with E-state index in [1.165, 1.54) is 0 Å². The van der Waals surface area contributed by atoms with Gasteiger partial charge >= 0.3 is 0 Å². The molecular weight excluding hydrogens is 294 g/mol. The molecule has 2 unspecified atom stereocenters. The van der Waals surface area contributed by atoms with Gasteiger partial charge in [0.1, 0.15) is 4.99 Å². The number of carbonyl (C=O) groups excluding carboxylic acids is 1. The van der Waals surface area contributed by atoms with E-state index in [0.29, 0.717) is 16.6 Å². The second kappa shape index (κ2) is 5.22. The first kappa shape index (κ1) is 13.6. The third-order valence-electron chi connectivity index (χ3n) is 4.14. The molecule has 2 aliphatic heterocycles. The van der Waals surface area contributed by atoms with E-state index in [9.17, 15) is 4.79 Å². The van der Waals surface area contributed by atoms with Crippen LogP contribution in [0.3, 0.4) is 0 Å². The quantitative estimate of drug-likeness (QED) is 0.816. The SMILES string of the molecule is NC(=S)c1ccc(Cl)cc1N1CCCC2C(=O)NCC21. The van der Waals surface area contributed by atoms with Crippen molar-refractivity contribution in [1.29, 1.82) is 0 Å². The molecular formula is C14H16ClN3OS. The monoisotopic (exact) mass is 309 g/mol. The molecule has 20 heavy (non-hydrogen) atoms. The maximum Gasteiger partial charge on any atom is 0.225 e. The smallest absolute Gasteiger partial charge is 0.225 e. The highest BCUT2D eigenvalue weighted by Crippen LogP contribution is 2.34. The van der Waals surface area contributed by atoms with Crippen molar-refractivity contribution in [2.45, 2.75) is 18.9 Å². The number of carbonyl (C=O) groups is 1. The molecule has 4 nitrogen and oxygen atoms in total. The number of hydrogen-bond donors (Lipinski definition) is 2. The molecule has 2 saturated heterocycles. The summed E-state index contributed by atoms with van der Waals surface area (Å²) in [7, 11) is 0. The van der Waals surface area contributed by atoms with E-state index >= 15 is 0 Å². The van der Waals surface area contributed by atoms with Gasteiger partial charge in [0.05, 0.1) is 12.0 Å². The number of thiocarbonyl (C=S) groups is 1. The first-order chi connectivity index (χ1) is 9.58. The Morgan fingerprint density at radius 2 is 2.30 bits per heavy atom. The van der Waals surface area contributed by atoms with Gasteiger partial charge < -0.3 is 16.0 Å². The van der Waals surface area contributed by atoms with Gasteiger partial charge in [0.15, 0.2) is 0 Å². The molecule has 3 N–H and O–H groups in total. The van der Waals surface area contributed by atoms with Crippen molar-refractivity contribution < 1.29 is 4.79 Å². The van der Waals surface area contributed by atoms with Crippen LogP contribution >= 0.6 is 23.8 Å². The molecule has 3 rings (SSSR count). The fraction of sp³-hybridized carbons (Fsp3) is 0.429.